The molecule has 0 saturated carbocycles. The first-order valence-corrected chi connectivity index (χ1v) is 26.6. The molecule has 0 aromatic heterocycles. The molecule has 0 radical (unpaired) electrons. The van der Waals surface area contributed by atoms with Gasteiger partial charge in [-0.3, -0.25) is 0 Å². The number of hydrogen-bond acceptors (Lipinski definition) is 3. The molecule has 3 nitrogen and oxygen atoms in total. The molecule has 9 aromatic carbocycles. The summed E-state index contributed by atoms with van der Waals surface area (Å²) < 4.78 is 0. The highest BCUT2D eigenvalue weighted by molar-refractivity contribution is 8.17. The van der Waals surface area contributed by atoms with Crippen molar-refractivity contribution in [3.05, 3.63) is 252 Å². The van der Waals surface area contributed by atoms with Crippen LogP contribution in [0.1, 0.15) is 33.4 Å². The van der Waals surface area contributed by atoms with Crippen LogP contribution in [-0.4, -0.2) is 6.66 Å². The number of aryl methyl sites for hydroxylation is 6. The van der Waals surface area contributed by atoms with Gasteiger partial charge in [-0.15, -0.1) is 0 Å². The fourth-order valence-electron chi connectivity index (χ4n) is 8.80. The third kappa shape index (κ3) is 9.16. The summed E-state index contributed by atoms with van der Waals surface area (Å²) in [5.74, 6) is 0. The van der Waals surface area contributed by atoms with E-state index in [-0.39, 0.29) is 0 Å². The molecule has 326 valence electrons. The molecule has 9 rings (SSSR count). The summed E-state index contributed by atoms with van der Waals surface area (Å²) in [5.41, 5.74) is 17.6. The number of rotatable bonds is 12. The van der Waals surface area contributed by atoms with Crippen LogP contribution in [0.3, 0.4) is 0 Å². The Morgan fingerprint density at radius 3 is 0.636 bits per heavy atom. The Hall–Kier alpha value is -6.89. The van der Waals surface area contributed by atoms with Gasteiger partial charge in [-0.25, -0.2) is 0 Å². The summed E-state index contributed by atoms with van der Waals surface area (Å²) in [7, 11) is 1.27. The van der Waals surface area contributed by atoms with Gasteiger partial charge in [0.25, 0.3) is 0 Å². The summed E-state index contributed by atoms with van der Waals surface area (Å²) in [5, 5.41) is 3.95. The van der Waals surface area contributed by atoms with Gasteiger partial charge in [-0.05, 0) is 180 Å². The summed E-state index contributed by atoms with van der Waals surface area (Å²) >= 11 is 0. The van der Waals surface area contributed by atoms with Crippen molar-refractivity contribution in [3.63, 3.8) is 0 Å². The van der Waals surface area contributed by atoms with E-state index in [2.05, 4.69) is 281 Å². The minimum atomic E-state index is -2.44. The third-order valence-corrected chi connectivity index (χ3v) is 20.0. The van der Waals surface area contributed by atoms with Crippen molar-refractivity contribution in [2.24, 2.45) is 0 Å². The molecule has 0 aliphatic heterocycles. The Balaban J connectivity index is 1.29. The molecule has 9 aromatic rings. The van der Waals surface area contributed by atoms with Crippen LogP contribution >= 0.6 is 14.4 Å². The zero-order valence-corrected chi connectivity index (χ0v) is 40.8. The van der Waals surface area contributed by atoms with Crippen LogP contribution in [0.15, 0.2) is 218 Å². The first-order chi connectivity index (χ1) is 32.1. The molecule has 0 atom stereocenters. The predicted octanol–water partition coefficient (Wildman–Crippen LogP) is 16.7. The largest absolute Gasteiger partial charge is 0.310 e. The van der Waals surface area contributed by atoms with E-state index in [1.165, 1.54) is 57.2 Å². The lowest BCUT2D eigenvalue weighted by molar-refractivity contribution is 1.27. The monoisotopic (exact) mass is 893 g/mol. The van der Waals surface area contributed by atoms with E-state index >= 15 is 0 Å². The van der Waals surface area contributed by atoms with Gasteiger partial charge >= 0.3 is 0 Å². The van der Waals surface area contributed by atoms with Gasteiger partial charge < -0.3 is 14.7 Å². The molecule has 0 fully saturated rings. The Morgan fingerprint density at radius 1 is 0.258 bits per heavy atom. The molecule has 66 heavy (non-hydrogen) atoms. The van der Waals surface area contributed by atoms with Crippen LogP contribution in [0, 0.1) is 41.5 Å². The second-order valence-corrected chi connectivity index (χ2v) is 23.6. The Bertz CT molecular complexity index is 2660. The van der Waals surface area contributed by atoms with Gasteiger partial charge in [0.2, 0.25) is 0 Å². The number of benzene rings is 9. The van der Waals surface area contributed by atoms with Gasteiger partial charge in [0, 0.05) is 51.2 Å². The molecule has 0 amide bonds. The Kier molecular flexibility index (Phi) is 13.0. The minimum Gasteiger partial charge on any atom is -0.310 e. The third-order valence-electron chi connectivity index (χ3n) is 12.4. The highest BCUT2D eigenvalue weighted by Crippen LogP contribution is 2.55. The highest BCUT2D eigenvalue weighted by Gasteiger charge is 2.29. The van der Waals surface area contributed by atoms with Gasteiger partial charge in [0.15, 0.2) is 0 Å². The SMILES string of the molecule is CP=P(c1cccc(N(c2ccc(C)cc2)c2ccc(C)cc2)c1)(c1cccc(N(c2ccc(C)cc2)c2ccc(C)cc2)c1)c1cccc(N(c2ccc(C)cc2)c2ccc(C)cc2)c1. The van der Waals surface area contributed by atoms with Crippen molar-refractivity contribution >= 4 is 81.5 Å². The zero-order valence-electron chi connectivity index (χ0n) is 39.0. The molecule has 0 bridgehead atoms. The molecule has 0 unspecified atom stereocenters. The topological polar surface area (TPSA) is 9.72 Å². The second kappa shape index (κ2) is 19.3. The zero-order chi connectivity index (χ0) is 45.8. The molecule has 0 aliphatic rings. The van der Waals surface area contributed by atoms with Crippen LogP contribution < -0.4 is 30.6 Å². The second-order valence-electron chi connectivity index (χ2n) is 17.4. The van der Waals surface area contributed by atoms with E-state index < -0.39 is 6.55 Å². The predicted molar refractivity (Wildman–Crippen MR) is 290 cm³/mol. The standard InChI is InChI=1S/C61H57N3P2/c1-44-17-29-50(30-18-44)62(51-31-19-45(2)20-32-51)56-11-8-14-59(41-56)66(65-7,60-15-9-12-57(42-60)63(52-33-21-46(3)22-34-52)53-35-23-47(4)24-36-53)61-16-10-13-58(43-61)64(54-37-25-48(5)26-38-54)55-39-27-49(6)28-40-55/h8-43H,1-7H3. The lowest BCUT2D eigenvalue weighted by Crippen LogP contribution is -2.26. The minimum absolute atomic E-state index is 1.13. The Labute approximate surface area is 394 Å². The lowest BCUT2D eigenvalue weighted by Gasteiger charge is -2.33. The molecule has 0 spiro atoms. The van der Waals surface area contributed by atoms with Gasteiger partial charge in [0.05, 0.1) is 0 Å². The van der Waals surface area contributed by atoms with Crippen molar-refractivity contribution < 1.29 is 0 Å². The molecule has 5 heteroatoms. The molecule has 0 N–H and O–H groups in total. The van der Waals surface area contributed by atoms with Crippen molar-refractivity contribution in [2.45, 2.75) is 41.5 Å². The summed E-state index contributed by atoms with van der Waals surface area (Å²) in [4.78, 5) is 7.22. The van der Waals surface area contributed by atoms with Gasteiger partial charge in [-0.2, -0.15) is 0 Å². The normalized spacial score (nSPS) is 11.4. The summed E-state index contributed by atoms with van der Waals surface area (Å²) in [6.07, 6.45) is 0. The van der Waals surface area contributed by atoms with E-state index in [0.29, 0.717) is 0 Å². The van der Waals surface area contributed by atoms with Crippen molar-refractivity contribution in [3.8, 4) is 0 Å². The van der Waals surface area contributed by atoms with Crippen LogP contribution in [0.4, 0.5) is 51.2 Å². The van der Waals surface area contributed by atoms with E-state index in [1.54, 1.807) is 0 Å². The fourth-order valence-corrected chi connectivity index (χ4v) is 15.4. The maximum atomic E-state index is 2.47. The molecule has 0 heterocycles. The van der Waals surface area contributed by atoms with Crippen molar-refractivity contribution in [2.75, 3.05) is 21.4 Å². The number of hydrogen-bond donors (Lipinski definition) is 0. The van der Waals surface area contributed by atoms with Crippen molar-refractivity contribution in [1.82, 2.24) is 0 Å². The number of anilines is 9. The summed E-state index contributed by atoms with van der Waals surface area (Å²) in [6, 6.07) is 81.6. The van der Waals surface area contributed by atoms with Crippen LogP contribution in [-0.2, 0) is 0 Å². The van der Waals surface area contributed by atoms with E-state index in [1.807, 2.05) is 0 Å². The van der Waals surface area contributed by atoms with E-state index in [4.69, 9.17) is 0 Å². The lowest BCUT2D eigenvalue weighted by atomic mass is 10.1. The fraction of sp³-hybridized carbons (Fsp3) is 0.115. The quantitative estimate of drug-likeness (QED) is 0.113. The van der Waals surface area contributed by atoms with Crippen LogP contribution in [0.2, 0.25) is 0 Å². The van der Waals surface area contributed by atoms with Crippen LogP contribution in [0.5, 0.6) is 0 Å². The molecule has 0 aliphatic carbocycles. The number of nitrogens with zero attached hydrogens (tertiary/aromatic N) is 3. The van der Waals surface area contributed by atoms with Crippen molar-refractivity contribution in [1.29, 1.82) is 0 Å². The van der Waals surface area contributed by atoms with E-state index in [9.17, 15) is 0 Å². The first kappa shape index (κ1) is 44.3. The average Bonchev–Trinajstić information content (AvgIpc) is 3.34. The van der Waals surface area contributed by atoms with Gasteiger partial charge in [0.1, 0.15) is 0 Å². The first-order valence-electron chi connectivity index (χ1n) is 22.7. The van der Waals surface area contributed by atoms with Crippen LogP contribution in [0.25, 0.3) is 0 Å². The highest BCUT2D eigenvalue weighted by atomic mass is 31.8. The molecule has 0 saturated heterocycles. The summed E-state index contributed by atoms with van der Waals surface area (Å²) in [6.45, 7) is 12.8. The maximum absolute atomic E-state index is 2.47. The molecular formula is C61H57N3P2. The van der Waals surface area contributed by atoms with Gasteiger partial charge in [-0.1, -0.05) is 150 Å². The Morgan fingerprint density at radius 2 is 0.455 bits per heavy atom. The smallest absolute Gasteiger partial charge is 0.0468 e. The van der Waals surface area contributed by atoms with E-state index in [0.717, 1.165) is 51.2 Å². The molecular weight excluding hydrogens is 837 g/mol. The maximum Gasteiger partial charge on any atom is 0.0468 e. The average molecular weight is 894 g/mol.